The first-order valence-electron chi connectivity index (χ1n) is 8.17. The molecule has 0 aromatic heterocycles. The topological polar surface area (TPSA) is 30.5 Å². The van der Waals surface area contributed by atoms with Gasteiger partial charge in [-0.25, -0.2) is 0 Å². The van der Waals surface area contributed by atoms with Crippen LogP contribution in [0.1, 0.15) is 31.7 Å². The number of ether oxygens (including phenoxy) is 2. The van der Waals surface area contributed by atoms with Crippen LogP contribution < -0.4 is 5.32 Å². The number of hydrogen-bond donors (Lipinski definition) is 1. The molecule has 3 unspecified atom stereocenters. The van der Waals surface area contributed by atoms with Crippen LogP contribution in [-0.2, 0) is 15.9 Å². The van der Waals surface area contributed by atoms with Crippen LogP contribution in [0.4, 0.5) is 0 Å². The van der Waals surface area contributed by atoms with Crippen molar-refractivity contribution in [3.8, 4) is 0 Å². The van der Waals surface area contributed by atoms with Gasteiger partial charge in [0.15, 0.2) is 0 Å². The summed E-state index contributed by atoms with van der Waals surface area (Å²) in [6, 6.07) is 10.8. The predicted molar refractivity (Wildman–Crippen MR) is 86.6 cm³/mol. The van der Waals surface area contributed by atoms with Gasteiger partial charge in [-0.1, -0.05) is 30.3 Å². The SMILES string of the molecule is COCCNCC(Cc1ccccc1)CC1CCC(C)O1. The van der Waals surface area contributed by atoms with Crippen LogP contribution >= 0.6 is 0 Å². The molecule has 0 saturated carbocycles. The van der Waals surface area contributed by atoms with Crippen LogP contribution in [0, 0.1) is 5.92 Å². The summed E-state index contributed by atoms with van der Waals surface area (Å²) in [6.45, 7) is 4.91. The summed E-state index contributed by atoms with van der Waals surface area (Å²) in [5.74, 6) is 0.625. The second-order valence-electron chi connectivity index (χ2n) is 6.13. The highest BCUT2D eigenvalue weighted by Crippen LogP contribution is 2.26. The van der Waals surface area contributed by atoms with E-state index in [9.17, 15) is 0 Å². The molecule has 0 aliphatic carbocycles. The summed E-state index contributed by atoms with van der Waals surface area (Å²) in [7, 11) is 1.75. The molecular weight excluding hydrogens is 262 g/mol. The van der Waals surface area contributed by atoms with Crippen molar-refractivity contribution in [2.24, 2.45) is 5.92 Å². The Morgan fingerprint density at radius 1 is 1.29 bits per heavy atom. The molecule has 0 spiro atoms. The van der Waals surface area contributed by atoms with Crippen molar-refractivity contribution in [3.63, 3.8) is 0 Å². The molecule has 1 saturated heterocycles. The molecule has 0 bridgehead atoms. The molecule has 21 heavy (non-hydrogen) atoms. The quantitative estimate of drug-likeness (QED) is 0.709. The number of nitrogens with one attached hydrogen (secondary N) is 1. The number of hydrogen-bond acceptors (Lipinski definition) is 3. The van der Waals surface area contributed by atoms with E-state index in [2.05, 4.69) is 42.6 Å². The lowest BCUT2D eigenvalue weighted by Crippen LogP contribution is -2.29. The summed E-state index contributed by atoms with van der Waals surface area (Å²) in [5, 5.41) is 3.51. The summed E-state index contributed by atoms with van der Waals surface area (Å²) >= 11 is 0. The molecule has 118 valence electrons. The van der Waals surface area contributed by atoms with E-state index >= 15 is 0 Å². The fourth-order valence-electron chi connectivity index (χ4n) is 3.10. The number of benzene rings is 1. The third-order valence-corrected chi connectivity index (χ3v) is 4.20. The normalized spacial score (nSPS) is 23.3. The molecule has 1 aromatic carbocycles. The molecule has 1 N–H and O–H groups in total. The minimum atomic E-state index is 0.439. The van der Waals surface area contributed by atoms with E-state index in [1.165, 1.54) is 18.4 Å². The smallest absolute Gasteiger partial charge is 0.0587 e. The lowest BCUT2D eigenvalue weighted by Gasteiger charge is -2.21. The maximum atomic E-state index is 6.00. The van der Waals surface area contributed by atoms with E-state index < -0.39 is 0 Å². The Balaban J connectivity index is 1.83. The Morgan fingerprint density at radius 2 is 2.10 bits per heavy atom. The molecular formula is C18H29NO2. The van der Waals surface area contributed by atoms with Gasteiger partial charge in [-0.15, -0.1) is 0 Å². The van der Waals surface area contributed by atoms with Crippen molar-refractivity contribution in [3.05, 3.63) is 35.9 Å². The fraction of sp³-hybridized carbons (Fsp3) is 0.667. The monoisotopic (exact) mass is 291 g/mol. The van der Waals surface area contributed by atoms with E-state index in [0.29, 0.717) is 18.1 Å². The zero-order chi connectivity index (χ0) is 14.9. The highest BCUT2D eigenvalue weighted by molar-refractivity contribution is 5.15. The molecule has 3 nitrogen and oxygen atoms in total. The first-order valence-corrected chi connectivity index (χ1v) is 8.17. The van der Waals surface area contributed by atoms with Crippen LogP contribution in [0.15, 0.2) is 30.3 Å². The standard InChI is InChI=1S/C18H29NO2/c1-15-8-9-18(21-15)13-17(14-19-10-11-20-2)12-16-6-4-3-5-7-16/h3-7,15,17-19H,8-14H2,1-2H3. The minimum absolute atomic E-state index is 0.439. The molecule has 3 heteroatoms. The molecule has 1 fully saturated rings. The molecule has 0 radical (unpaired) electrons. The van der Waals surface area contributed by atoms with Crippen molar-refractivity contribution >= 4 is 0 Å². The third-order valence-electron chi connectivity index (χ3n) is 4.20. The van der Waals surface area contributed by atoms with Gasteiger partial charge in [-0.05, 0) is 50.6 Å². The molecule has 1 aromatic rings. The van der Waals surface area contributed by atoms with Gasteiger partial charge in [-0.2, -0.15) is 0 Å². The van der Waals surface area contributed by atoms with E-state index in [4.69, 9.17) is 9.47 Å². The van der Waals surface area contributed by atoms with Gasteiger partial charge in [0, 0.05) is 13.7 Å². The average molecular weight is 291 g/mol. The second kappa shape index (κ2) is 9.19. The second-order valence-corrected chi connectivity index (χ2v) is 6.13. The lowest BCUT2D eigenvalue weighted by atomic mass is 9.92. The Bertz CT molecular complexity index is 382. The van der Waals surface area contributed by atoms with Crippen molar-refractivity contribution < 1.29 is 9.47 Å². The van der Waals surface area contributed by atoms with Gasteiger partial charge >= 0.3 is 0 Å². The van der Waals surface area contributed by atoms with Crippen LogP contribution in [0.3, 0.4) is 0 Å². The summed E-state index contributed by atoms with van der Waals surface area (Å²) in [4.78, 5) is 0. The zero-order valence-corrected chi connectivity index (χ0v) is 13.4. The maximum absolute atomic E-state index is 6.00. The summed E-state index contributed by atoms with van der Waals surface area (Å²) in [5.41, 5.74) is 1.42. The summed E-state index contributed by atoms with van der Waals surface area (Å²) in [6.07, 6.45) is 5.57. The van der Waals surface area contributed by atoms with Crippen molar-refractivity contribution in [2.75, 3.05) is 26.8 Å². The highest BCUT2D eigenvalue weighted by Gasteiger charge is 2.25. The molecule has 1 heterocycles. The number of methoxy groups -OCH3 is 1. The van der Waals surface area contributed by atoms with Crippen LogP contribution in [0.5, 0.6) is 0 Å². The van der Waals surface area contributed by atoms with Crippen LogP contribution in [0.25, 0.3) is 0 Å². The lowest BCUT2D eigenvalue weighted by molar-refractivity contribution is 0.0406. The molecule has 3 atom stereocenters. The van der Waals surface area contributed by atoms with Crippen LogP contribution in [-0.4, -0.2) is 39.0 Å². The third kappa shape index (κ3) is 6.16. The van der Waals surface area contributed by atoms with Gasteiger partial charge in [0.1, 0.15) is 0 Å². The largest absolute Gasteiger partial charge is 0.383 e. The molecule has 1 aliphatic rings. The minimum Gasteiger partial charge on any atom is -0.383 e. The Kier molecular flexibility index (Phi) is 7.20. The van der Waals surface area contributed by atoms with E-state index in [-0.39, 0.29) is 0 Å². The Hall–Kier alpha value is -0.900. The van der Waals surface area contributed by atoms with Crippen molar-refractivity contribution in [2.45, 2.75) is 44.8 Å². The summed E-state index contributed by atoms with van der Waals surface area (Å²) < 4.78 is 11.1. The Morgan fingerprint density at radius 3 is 2.76 bits per heavy atom. The van der Waals surface area contributed by atoms with Crippen molar-refractivity contribution in [1.29, 1.82) is 0 Å². The first-order chi connectivity index (χ1) is 10.3. The molecule has 0 amide bonds. The van der Waals surface area contributed by atoms with Gasteiger partial charge in [0.2, 0.25) is 0 Å². The van der Waals surface area contributed by atoms with E-state index in [1.807, 2.05) is 0 Å². The van der Waals surface area contributed by atoms with Crippen LogP contribution in [0.2, 0.25) is 0 Å². The highest BCUT2D eigenvalue weighted by atomic mass is 16.5. The van der Waals surface area contributed by atoms with Gasteiger partial charge in [0.05, 0.1) is 18.8 Å². The van der Waals surface area contributed by atoms with Gasteiger partial charge < -0.3 is 14.8 Å². The molecule has 1 aliphatic heterocycles. The zero-order valence-electron chi connectivity index (χ0n) is 13.4. The van der Waals surface area contributed by atoms with E-state index in [0.717, 1.165) is 32.5 Å². The average Bonchev–Trinajstić information content (AvgIpc) is 2.90. The maximum Gasteiger partial charge on any atom is 0.0587 e. The Labute approximate surface area is 129 Å². The molecule has 2 rings (SSSR count). The number of rotatable bonds is 9. The first kappa shape index (κ1) is 16.5. The van der Waals surface area contributed by atoms with Gasteiger partial charge in [0.25, 0.3) is 0 Å². The van der Waals surface area contributed by atoms with E-state index in [1.54, 1.807) is 7.11 Å². The van der Waals surface area contributed by atoms with Crippen molar-refractivity contribution in [1.82, 2.24) is 5.32 Å². The van der Waals surface area contributed by atoms with Gasteiger partial charge in [-0.3, -0.25) is 0 Å². The fourth-order valence-corrected chi connectivity index (χ4v) is 3.10. The predicted octanol–water partition coefficient (Wildman–Crippen LogP) is 3.04.